The van der Waals surface area contributed by atoms with Gasteiger partial charge in [-0.05, 0) is 40.7 Å². The fraction of sp³-hybridized carbons (Fsp3) is 0.364. The van der Waals surface area contributed by atoms with Gasteiger partial charge in [-0.15, -0.1) is 0 Å². The quantitative estimate of drug-likeness (QED) is 0.320. The summed E-state index contributed by atoms with van der Waals surface area (Å²) < 4.78 is 5.82. The highest BCUT2D eigenvalue weighted by atomic mass is 16.5. The number of amides is 2. The number of likely N-dealkylation sites (tertiary alicyclic amines) is 1. The van der Waals surface area contributed by atoms with E-state index in [-0.39, 0.29) is 32.1 Å². The molecule has 1 saturated heterocycles. The molecule has 0 spiro atoms. The number of aliphatic carboxylic acids is 1. The van der Waals surface area contributed by atoms with Crippen LogP contribution in [0.4, 0.5) is 4.79 Å². The van der Waals surface area contributed by atoms with Crippen molar-refractivity contribution in [3.63, 3.8) is 0 Å². The molecule has 3 aromatic rings. The number of carbonyl (C=O) groups excluding carboxylic acids is 2. The van der Waals surface area contributed by atoms with Crippen molar-refractivity contribution in [1.29, 1.82) is 0 Å². The summed E-state index contributed by atoms with van der Waals surface area (Å²) in [6.07, 6.45) is 0.308. The summed E-state index contributed by atoms with van der Waals surface area (Å²) in [7, 11) is 0. The number of hydrogen-bond donors (Lipinski definition) is 3. The van der Waals surface area contributed by atoms with Crippen molar-refractivity contribution in [2.75, 3.05) is 39.4 Å². The third-order valence-electron chi connectivity index (χ3n) is 8.31. The van der Waals surface area contributed by atoms with Crippen LogP contribution in [0.5, 0.6) is 0 Å². The first-order valence-electron chi connectivity index (χ1n) is 14.4. The number of nitrogens with zero attached hydrogens (tertiary/aromatic N) is 2. The number of piperidine rings is 1. The number of carboxylic acids is 1. The molecule has 9 heteroatoms. The van der Waals surface area contributed by atoms with Gasteiger partial charge in [-0.1, -0.05) is 78.9 Å². The molecular formula is C33H37N3O6. The Morgan fingerprint density at radius 1 is 0.905 bits per heavy atom. The summed E-state index contributed by atoms with van der Waals surface area (Å²) in [4.78, 5) is 41.4. The Kier molecular flexibility index (Phi) is 9.19. The summed E-state index contributed by atoms with van der Waals surface area (Å²) in [5.74, 6) is -1.68. The highest BCUT2D eigenvalue weighted by molar-refractivity contribution is 5.83. The second-order valence-electron chi connectivity index (χ2n) is 11.1. The van der Waals surface area contributed by atoms with Gasteiger partial charge in [-0.3, -0.25) is 14.5 Å². The highest BCUT2D eigenvalue weighted by Crippen LogP contribution is 2.44. The molecule has 0 radical (unpaired) electrons. The number of fused-ring (bicyclic) bond motifs is 3. The van der Waals surface area contributed by atoms with Crippen molar-refractivity contribution in [1.82, 2.24) is 15.1 Å². The Balaban J connectivity index is 1.28. The normalized spacial score (nSPS) is 15.8. The minimum absolute atomic E-state index is 0.0797. The van der Waals surface area contributed by atoms with Crippen LogP contribution in [0.1, 0.15) is 41.9 Å². The zero-order chi connectivity index (χ0) is 29.5. The molecule has 0 saturated carbocycles. The minimum Gasteiger partial charge on any atom is -0.480 e. The predicted octanol–water partition coefficient (Wildman–Crippen LogP) is 3.86. The molecular weight excluding hydrogens is 534 g/mol. The van der Waals surface area contributed by atoms with Crippen molar-refractivity contribution >= 4 is 18.0 Å². The number of aliphatic hydroxyl groups is 1. The molecule has 5 rings (SSSR count). The number of rotatable bonds is 11. The maximum Gasteiger partial charge on any atom is 0.407 e. The van der Waals surface area contributed by atoms with Crippen molar-refractivity contribution in [3.05, 3.63) is 95.6 Å². The van der Waals surface area contributed by atoms with Gasteiger partial charge >= 0.3 is 12.1 Å². The number of carbonyl (C=O) groups is 3. The third kappa shape index (κ3) is 6.80. The standard InChI is InChI=1S/C33H37N3O6/c37-19-18-36(22-31(39)40)30(38)20-33(14-16-35(17-15-33)21-24-8-2-1-3-9-24)34-32(41)42-23-29-27-12-6-4-10-25(27)26-11-5-7-13-28(26)29/h1-13,29,37H,14-23H2,(H,34,41)(H,39,40). The molecule has 2 aliphatic rings. The second-order valence-corrected chi connectivity index (χ2v) is 11.1. The Hall–Kier alpha value is -4.21. The molecule has 0 bridgehead atoms. The topological polar surface area (TPSA) is 119 Å². The zero-order valence-corrected chi connectivity index (χ0v) is 23.6. The number of carboxylic acid groups (broad SMARTS) is 1. The first kappa shape index (κ1) is 29.3. The minimum atomic E-state index is -1.16. The average molecular weight is 572 g/mol. The predicted molar refractivity (Wildman–Crippen MR) is 158 cm³/mol. The summed E-state index contributed by atoms with van der Waals surface area (Å²) in [6.45, 7) is 1.24. The molecule has 220 valence electrons. The van der Waals surface area contributed by atoms with E-state index in [0.717, 1.165) is 33.7 Å². The number of benzene rings is 3. The lowest BCUT2D eigenvalue weighted by molar-refractivity contribution is -0.145. The molecule has 0 aromatic heterocycles. The number of aliphatic hydroxyl groups excluding tert-OH is 1. The van der Waals surface area contributed by atoms with E-state index >= 15 is 0 Å². The molecule has 1 aliphatic carbocycles. The van der Waals surface area contributed by atoms with Crippen molar-refractivity contribution in [2.45, 2.75) is 37.3 Å². The summed E-state index contributed by atoms with van der Waals surface area (Å²) >= 11 is 0. The van der Waals surface area contributed by atoms with Crippen LogP contribution < -0.4 is 5.32 Å². The van der Waals surface area contributed by atoms with Crippen LogP contribution in [-0.2, 0) is 20.9 Å². The average Bonchev–Trinajstić information content (AvgIpc) is 3.31. The van der Waals surface area contributed by atoms with Gasteiger partial charge < -0.3 is 25.2 Å². The molecule has 1 fully saturated rings. The van der Waals surface area contributed by atoms with Crippen molar-refractivity contribution in [2.24, 2.45) is 0 Å². The largest absolute Gasteiger partial charge is 0.480 e. The van der Waals surface area contributed by atoms with Gasteiger partial charge in [0.05, 0.1) is 18.6 Å². The molecule has 1 heterocycles. The van der Waals surface area contributed by atoms with Gasteiger partial charge in [0.15, 0.2) is 0 Å². The monoisotopic (exact) mass is 571 g/mol. The van der Waals surface area contributed by atoms with Crippen molar-refractivity contribution < 1.29 is 29.3 Å². The van der Waals surface area contributed by atoms with E-state index in [9.17, 15) is 24.6 Å². The summed E-state index contributed by atoms with van der Waals surface area (Å²) in [5.41, 5.74) is 4.77. The van der Waals surface area contributed by atoms with Gasteiger partial charge in [0.1, 0.15) is 13.2 Å². The third-order valence-corrected chi connectivity index (χ3v) is 8.31. The lowest BCUT2D eigenvalue weighted by Gasteiger charge is -2.42. The lowest BCUT2D eigenvalue weighted by Crippen LogP contribution is -2.57. The maximum atomic E-state index is 13.3. The summed E-state index contributed by atoms with van der Waals surface area (Å²) in [5, 5.41) is 21.7. The zero-order valence-electron chi connectivity index (χ0n) is 23.6. The smallest absolute Gasteiger partial charge is 0.407 e. The Labute approximate surface area is 245 Å². The van der Waals surface area contributed by atoms with E-state index in [2.05, 4.69) is 46.6 Å². The van der Waals surface area contributed by atoms with Gasteiger partial charge in [0.2, 0.25) is 5.91 Å². The van der Waals surface area contributed by atoms with Crippen LogP contribution in [0.3, 0.4) is 0 Å². The Bertz CT molecular complexity index is 1360. The van der Waals surface area contributed by atoms with Crippen LogP contribution in [0.15, 0.2) is 78.9 Å². The van der Waals surface area contributed by atoms with Gasteiger partial charge in [-0.2, -0.15) is 0 Å². The van der Waals surface area contributed by atoms with Crippen molar-refractivity contribution in [3.8, 4) is 11.1 Å². The lowest BCUT2D eigenvalue weighted by atomic mass is 9.83. The van der Waals surface area contributed by atoms with E-state index in [4.69, 9.17) is 4.74 Å². The molecule has 3 aromatic carbocycles. The molecule has 9 nitrogen and oxygen atoms in total. The number of alkyl carbamates (subject to hydrolysis) is 1. The van der Waals surface area contributed by atoms with Gasteiger partial charge in [0, 0.05) is 32.1 Å². The molecule has 0 unspecified atom stereocenters. The first-order chi connectivity index (χ1) is 20.4. The van der Waals surface area contributed by atoms with Crippen LogP contribution in [-0.4, -0.2) is 82.9 Å². The van der Waals surface area contributed by atoms with Gasteiger partial charge in [0.25, 0.3) is 0 Å². The fourth-order valence-electron chi connectivity index (χ4n) is 6.15. The molecule has 2 amide bonds. The SMILES string of the molecule is O=C(O)CN(CCO)C(=O)CC1(NC(=O)OCC2c3ccccc3-c3ccccc32)CCN(Cc2ccccc2)CC1. The second kappa shape index (κ2) is 13.2. The van der Waals surface area contributed by atoms with E-state index in [0.29, 0.717) is 25.9 Å². The number of ether oxygens (including phenoxy) is 1. The highest BCUT2D eigenvalue weighted by Gasteiger charge is 2.40. The van der Waals surface area contributed by atoms with E-state index in [1.807, 2.05) is 42.5 Å². The number of nitrogens with one attached hydrogen (secondary N) is 1. The first-order valence-corrected chi connectivity index (χ1v) is 14.4. The molecule has 1 aliphatic heterocycles. The maximum absolute atomic E-state index is 13.3. The fourth-order valence-corrected chi connectivity index (χ4v) is 6.15. The number of hydrogen-bond acceptors (Lipinski definition) is 6. The van der Waals surface area contributed by atoms with E-state index < -0.39 is 30.1 Å². The molecule has 3 N–H and O–H groups in total. The van der Waals surface area contributed by atoms with Crippen LogP contribution in [0, 0.1) is 0 Å². The molecule has 0 atom stereocenters. The van der Waals surface area contributed by atoms with Crippen LogP contribution in [0.25, 0.3) is 11.1 Å². The molecule has 42 heavy (non-hydrogen) atoms. The van der Waals surface area contributed by atoms with Crippen LogP contribution in [0.2, 0.25) is 0 Å². The Morgan fingerprint density at radius 2 is 1.50 bits per heavy atom. The van der Waals surface area contributed by atoms with Crippen LogP contribution >= 0.6 is 0 Å². The van der Waals surface area contributed by atoms with E-state index in [1.165, 1.54) is 5.56 Å². The summed E-state index contributed by atoms with van der Waals surface area (Å²) in [6, 6.07) is 26.3. The van der Waals surface area contributed by atoms with E-state index in [1.54, 1.807) is 0 Å². The van der Waals surface area contributed by atoms with Gasteiger partial charge in [-0.25, -0.2) is 4.79 Å². The Morgan fingerprint density at radius 3 is 2.10 bits per heavy atom.